The number of unbranched alkanes of at least 4 members (excludes halogenated alkanes) is 5. The Bertz CT molecular complexity index is 234. The van der Waals surface area contributed by atoms with Crippen molar-refractivity contribution >= 4 is 57.1 Å². The minimum absolute atomic E-state index is 0.0901. The topological polar surface area (TPSA) is 52.6 Å². The highest BCUT2D eigenvalue weighted by Gasteiger charge is 2.01. The van der Waals surface area contributed by atoms with Crippen LogP contribution in [0.2, 0.25) is 0 Å². The molecule has 0 fully saturated rings. The molecular weight excluding hydrogens is 486 g/mol. The molecule has 0 radical (unpaired) electrons. The van der Waals surface area contributed by atoms with Gasteiger partial charge >= 0.3 is 11.9 Å². The number of hydrogen-bond acceptors (Lipinski definition) is 4. The summed E-state index contributed by atoms with van der Waals surface area (Å²) in [6.45, 7) is 1.09. The third kappa shape index (κ3) is 14.8. The summed E-state index contributed by atoms with van der Waals surface area (Å²) >= 11 is 4.34. The Morgan fingerprint density at radius 1 is 0.650 bits per heavy atom. The lowest BCUT2D eigenvalue weighted by molar-refractivity contribution is -0.144. The second-order valence-electron chi connectivity index (χ2n) is 4.44. The van der Waals surface area contributed by atoms with Gasteiger partial charge in [0.05, 0.1) is 26.1 Å². The SMILES string of the molecule is O=C(CCI)OCCCCCCCCOC(=O)CCI. The van der Waals surface area contributed by atoms with Crippen LogP contribution in [0.1, 0.15) is 51.4 Å². The van der Waals surface area contributed by atoms with Gasteiger partial charge in [-0.1, -0.05) is 70.9 Å². The third-order valence-electron chi connectivity index (χ3n) is 2.66. The van der Waals surface area contributed by atoms with Crippen molar-refractivity contribution in [2.24, 2.45) is 0 Å². The number of hydrogen-bond donors (Lipinski definition) is 0. The van der Waals surface area contributed by atoms with E-state index in [1.54, 1.807) is 0 Å². The van der Waals surface area contributed by atoms with Crippen LogP contribution in [0.4, 0.5) is 0 Å². The first-order valence-electron chi connectivity index (χ1n) is 7.14. The van der Waals surface area contributed by atoms with E-state index >= 15 is 0 Å². The van der Waals surface area contributed by atoms with Crippen molar-refractivity contribution < 1.29 is 19.1 Å². The monoisotopic (exact) mass is 510 g/mol. The molecule has 0 aliphatic rings. The van der Waals surface area contributed by atoms with Crippen molar-refractivity contribution in [2.45, 2.75) is 51.4 Å². The van der Waals surface area contributed by atoms with E-state index in [0.717, 1.165) is 47.4 Å². The van der Waals surface area contributed by atoms with E-state index in [2.05, 4.69) is 45.2 Å². The van der Waals surface area contributed by atoms with Crippen LogP contribution in [0, 0.1) is 0 Å². The van der Waals surface area contributed by atoms with Gasteiger partial charge in [0.25, 0.3) is 0 Å². The average molecular weight is 510 g/mol. The normalized spacial score (nSPS) is 10.3. The van der Waals surface area contributed by atoms with Crippen molar-refractivity contribution in [1.82, 2.24) is 0 Å². The van der Waals surface area contributed by atoms with Crippen LogP contribution >= 0.6 is 45.2 Å². The van der Waals surface area contributed by atoms with Crippen LogP contribution in [0.15, 0.2) is 0 Å². The first kappa shape index (κ1) is 20.4. The summed E-state index contributed by atoms with van der Waals surface area (Å²) in [5.41, 5.74) is 0. The smallest absolute Gasteiger partial charge is 0.306 e. The molecule has 0 aromatic rings. The Morgan fingerprint density at radius 2 is 1.00 bits per heavy atom. The Hall–Kier alpha value is 0.400. The second-order valence-corrected chi connectivity index (χ2v) is 6.60. The lowest BCUT2D eigenvalue weighted by atomic mass is 10.1. The molecule has 118 valence electrons. The molecule has 0 unspecified atom stereocenters. The van der Waals surface area contributed by atoms with E-state index in [4.69, 9.17) is 9.47 Å². The second kappa shape index (κ2) is 15.8. The fraction of sp³-hybridized carbons (Fsp3) is 0.857. The minimum Gasteiger partial charge on any atom is -0.466 e. The molecule has 0 N–H and O–H groups in total. The molecule has 0 saturated carbocycles. The summed E-state index contributed by atoms with van der Waals surface area (Å²) in [5.74, 6) is -0.180. The number of rotatable bonds is 13. The zero-order valence-corrected chi connectivity index (χ0v) is 16.2. The Balaban J connectivity index is 3.13. The highest BCUT2D eigenvalue weighted by molar-refractivity contribution is 14.1. The van der Waals surface area contributed by atoms with Gasteiger partial charge in [-0.25, -0.2) is 0 Å². The largest absolute Gasteiger partial charge is 0.466 e. The maximum atomic E-state index is 11.1. The van der Waals surface area contributed by atoms with Gasteiger partial charge in [-0.15, -0.1) is 0 Å². The van der Waals surface area contributed by atoms with Gasteiger partial charge in [-0.3, -0.25) is 9.59 Å². The van der Waals surface area contributed by atoms with Gasteiger partial charge in [0, 0.05) is 8.86 Å². The number of esters is 2. The summed E-state index contributed by atoms with van der Waals surface area (Å²) in [6, 6.07) is 0. The maximum Gasteiger partial charge on any atom is 0.306 e. The van der Waals surface area contributed by atoms with Crippen LogP contribution in [0.3, 0.4) is 0 Å². The van der Waals surface area contributed by atoms with Gasteiger partial charge in [0.2, 0.25) is 0 Å². The predicted molar refractivity (Wildman–Crippen MR) is 96.6 cm³/mol. The molecule has 0 aromatic carbocycles. The number of alkyl halides is 2. The van der Waals surface area contributed by atoms with Crippen LogP contribution in [-0.2, 0) is 19.1 Å². The highest BCUT2D eigenvalue weighted by Crippen LogP contribution is 2.06. The fourth-order valence-electron chi connectivity index (χ4n) is 1.58. The van der Waals surface area contributed by atoms with E-state index < -0.39 is 0 Å². The summed E-state index contributed by atoms with van der Waals surface area (Å²) in [7, 11) is 0. The fourth-order valence-corrected chi connectivity index (χ4v) is 2.46. The molecule has 0 saturated heterocycles. The molecule has 0 aliphatic carbocycles. The zero-order valence-electron chi connectivity index (χ0n) is 11.9. The Morgan fingerprint density at radius 3 is 1.35 bits per heavy atom. The molecule has 0 rings (SSSR count). The number of ether oxygens (including phenoxy) is 2. The van der Waals surface area contributed by atoms with Crippen LogP contribution in [-0.4, -0.2) is 34.0 Å². The molecule has 0 aliphatic heterocycles. The highest BCUT2D eigenvalue weighted by atomic mass is 127. The molecule has 0 bridgehead atoms. The van der Waals surface area contributed by atoms with Crippen molar-refractivity contribution in [3.05, 3.63) is 0 Å². The molecule has 0 amide bonds. The first-order chi connectivity index (χ1) is 9.70. The van der Waals surface area contributed by atoms with E-state index in [0.29, 0.717) is 26.1 Å². The lowest BCUT2D eigenvalue weighted by Gasteiger charge is -2.05. The summed E-state index contributed by atoms with van der Waals surface area (Å²) in [4.78, 5) is 22.2. The van der Waals surface area contributed by atoms with E-state index in [9.17, 15) is 9.59 Å². The van der Waals surface area contributed by atoms with Crippen molar-refractivity contribution in [3.8, 4) is 0 Å². The van der Waals surface area contributed by atoms with Crippen molar-refractivity contribution in [2.75, 3.05) is 22.1 Å². The van der Waals surface area contributed by atoms with Crippen molar-refractivity contribution in [3.63, 3.8) is 0 Å². The van der Waals surface area contributed by atoms with Gasteiger partial charge in [-0.05, 0) is 12.8 Å². The Labute approximate surface area is 149 Å². The molecule has 20 heavy (non-hydrogen) atoms. The van der Waals surface area contributed by atoms with Gasteiger partial charge in [-0.2, -0.15) is 0 Å². The lowest BCUT2D eigenvalue weighted by Crippen LogP contribution is -2.06. The molecule has 0 heterocycles. The molecule has 4 nitrogen and oxygen atoms in total. The van der Waals surface area contributed by atoms with E-state index in [-0.39, 0.29) is 11.9 Å². The standard InChI is InChI=1S/C14H24I2O4/c15-9-7-13(17)19-11-5-3-1-2-4-6-12-20-14(18)8-10-16/h1-12H2. The average Bonchev–Trinajstić information content (AvgIpc) is 2.41. The number of carbonyl (C=O) groups excluding carboxylic acids is 2. The van der Waals surface area contributed by atoms with Crippen LogP contribution < -0.4 is 0 Å². The zero-order chi connectivity index (χ0) is 15.1. The summed E-state index contributed by atoms with van der Waals surface area (Å²) in [6.07, 6.45) is 7.37. The van der Waals surface area contributed by atoms with Gasteiger partial charge in [0.1, 0.15) is 0 Å². The Kier molecular flexibility index (Phi) is 16.1. The van der Waals surface area contributed by atoms with Crippen molar-refractivity contribution in [1.29, 1.82) is 0 Å². The minimum atomic E-state index is -0.0901. The van der Waals surface area contributed by atoms with Crippen LogP contribution in [0.25, 0.3) is 0 Å². The molecule has 6 heteroatoms. The van der Waals surface area contributed by atoms with E-state index in [1.165, 1.54) is 0 Å². The van der Waals surface area contributed by atoms with Gasteiger partial charge < -0.3 is 9.47 Å². The predicted octanol–water partition coefficient (Wildman–Crippen LogP) is 4.06. The van der Waals surface area contributed by atoms with Crippen LogP contribution in [0.5, 0.6) is 0 Å². The molecule has 0 spiro atoms. The molecule has 0 atom stereocenters. The number of halogens is 2. The first-order valence-corrected chi connectivity index (χ1v) is 10.2. The maximum absolute atomic E-state index is 11.1. The quantitative estimate of drug-likeness (QED) is 0.162. The third-order valence-corrected chi connectivity index (χ3v) is 3.74. The molecule has 0 aromatic heterocycles. The van der Waals surface area contributed by atoms with E-state index in [1.807, 2.05) is 0 Å². The number of carbonyl (C=O) groups is 2. The summed E-state index contributed by atoms with van der Waals surface area (Å²) in [5, 5.41) is 0. The summed E-state index contributed by atoms with van der Waals surface area (Å²) < 4.78 is 11.8. The van der Waals surface area contributed by atoms with Gasteiger partial charge in [0.15, 0.2) is 0 Å². The molecular formula is C14H24I2O4.